The number of halogens is 3. The molecule has 1 aliphatic rings. The van der Waals surface area contributed by atoms with E-state index in [0.29, 0.717) is 6.07 Å². The quantitative estimate of drug-likeness (QED) is 0.818. The summed E-state index contributed by atoms with van der Waals surface area (Å²) in [6.07, 6.45) is 0. The molecule has 0 spiro atoms. The van der Waals surface area contributed by atoms with Crippen molar-refractivity contribution >= 4 is 5.91 Å². The minimum Gasteiger partial charge on any atom is -0.367 e. The molecule has 2 N–H and O–H groups in total. The number of epoxide rings is 1. The minimum atomic E-state index is -2.55. The van der Waals surface area contributed by atoms with Crippen LogP contribution in [0.1, 0.15) is 12.5 Å². The molecule has 1 aromatic carbocycles. The number of carbonyl (C=O) groups is 1. The molecule has 0 aromatic heterocycles. The Morgan fingerprint density at radius 1 is 1.53 bits per heavy atom. The Labute approximate surface area is 95.4 Å². The second kappa shape index (κ2) is 3.46. The van der Waals surface area contributed by atoms with Crippen molar-refractivity contribution in [3.63, 3.8) is 0 Å². The molecule has 2 rings (SSSR count). The zero-order chi connectivity index (χ0) is 12.8. The normalized spacial score (nSPS) is 26.4. The smallest absolute Gasteiger partial charge is 0.258 e. The first kappa shape index (κ1) is 11.9. The summed E-state index contributed by atoms with van der Waals surface area (Å²) in [5.41, 5.74) is 0.428. The Hall–Kier alpha value is -1.56. The highest BCUT2D eigenvalue weighted by Gasteiger charge is 2.65. The van der Waals surface area contributed by atoms with Gasteiger partial charge in [0.25, 0.3) is 5.91 Å². The van der Waals surface area contributed by atoms with Crippen LogP contribution >= 0.6 is 0 Å². The van der Waals surface area contributed by atoms with Gasteiger partial charge < -0.3 is 10.5 Å². The summed E-state index contributed by atoms with van der Waals surface area (Å²) in [5.74, 6) is -3.01. The van der Waals surface area contributed by atoms with E-state index < -0.39 is 28.8 Å². The van der Waals surface area contributed by atoms with Crippen molar-refractivity contribution in [2.24, 2.45) is 5.73 Å². The number of hydrogen-bond acceptors (Lipinski definition) is 2. The van der Waals surface area contributed by atoms with Gasteiger partial charge in [0.05, 0.1) is 6.61 Å². The summed E-state index contributed by atoms with van der Waals surface area (Å²) in [4.78, 5) is 11.0. The Morgan fingerprint density at radius 2 is 2.12 bits per heavy atom. The van der Waals surface area contributed by atoms with E-state index in [9.17, 15) is 18.0 Å². The van der Waals surface area contributed by atoms with Gasteiger partial charge in [0.2, 0.25) is 5.67 Å². The summed E-state index contributed by atoms with van der Waals surface area (Å²) in [6, 6.07) is 2.63. The molecule has 3 nitrogen and oxygen atoms in total. The Bertz CT molecular complexity index is 484. The molecule has 1 heterocycles. The molecule has 2 atom stereocenters. The van der Waals surface area contributed by atoms with Crippen molar-refractivity contribution in [3.8, 4) is 0 Å². The zero-order valence-electron chi connectivity index (χ0n) is 8.97. The SMILES string of the molecule is CC(F)(C(N)=O)C1(c2ccc(F)cc2F)CO1. The van der Waals surface area contributed by atoms with Crippen LogP contribution in [0.2, 0.25) is 0 Å². The van der Waals surface area contributed by atoms with E-state index in [-0.39, 0.29) is 12.2 Å². The molecule has 0 saturated carbocycles. The lowest BCUT2D eigenvalue weighted by Gasteiger charge is -2.25. The molecule has 2 unspecified atom stereocenters. The highest BCUT2D eigenvalue weighted by Crippen LogP contribution is 2.50. The van der Waals surface area contributed by atoms with Gasteiger partial charge in [-0.2, -0.15) is 0 Å². The highest BCUT2D eigenvalue weighted by atomic mass is 19.1. The number of hydrogen-bond donors (Lipinski definition) is 1. The van der Waals surface area contributed by atoms with Crippen molar-refractivity contribution in [3.05, 3.63) is 35.4 Å². The van der Waals surface area contributed by atoms with Crippen molar-refractivity contribution in [1.29, 1.82) is 0 Å². The van der Waals surface area contributed by atoms with Crippen LogP contribution in [0.3, 0.4) is 0 Å². The van der Waals surface area contributed by atoms with Crippen molar-refractivity contribution < 1.29 is 22.7 Å². The molecule has 0 aliphatic carbocycles. The molecular weight excluding hydrogens is 235 g/mol. The third-order valence-electron chi connectivity index (χ3n) is 3.02. The number of carbonyl (C=O) groups excluding carboxylic acids is 1. The maximum atomic E-state index is 14.2. The number of nitrogens with two attached hydrogens (primary N) is 1. The lowest BCUT2D eigenvalue weighted by molar-refractivity contribution is -0.133. The first-order valence-corrected chi connectivity index (χ1v) is 4.89. The van der Waals surface area contributed by atoms with Crippen LogP contribution < -0.4 is 5.73 Å². The van der Waals surface area contributed by atoms with Gasteiger partial charge >= 0.3 is 0 Å². The fourth-order valence-electron chi connectivity index (χ4n) is 1.77. The van der Waals surface area contributed by atoms with Crippen LogP contribution in [0.25, 0.3) is 0 Å². The van der Waals surface area contributed by atoms with Gasteiger partial charge in [-0.1, -0.05) is 6.07 Å². The Morgan fingerprint density at radius 3 is 2.53 bits per heavy atom. The van der Waals surface area contributed by atoms with Gasteiger partial charge in [0, 0.05) is 11.6 Å². The van der Waals surface area contributed by atoms with Gasteiger partial charge in [0.1, 0.15) is 11.6 Å². The number of benzene rings is 1. The first-order chi connectivity index (χ1) is 7.81. The lowest BCUT2D eigenvalue weighted by Crippen LogP contribution is -2.48. The topological polar surface area (TPSA) is 55.6 Å². The molecule has 17 heavy (non-hydrogen) atoms. The molecule has 0 bridgehead atoms. The maximum absolute atomic E-state index is 14.2. The van der Waals surface area contributed by atoms with Crippen LogP contribution in [0, 0.1) is 11.6 Å². The maximum Gasteiger partial charge on any atom is 0.258 e. The van der Waals surface area contributed by atoms with Gasteiger partial charge in [-0.3, -0.25) is 4.79 Å². The van der Waals surface area contributed by atoms with Crippen LogP contribution in [0.15, 0.2) is 18.2 Å². The van der Waals surface area contributed by atoms with Crippen LogP contribution in [0.4, 0.5) is 13.2 Å². The van der Waals surface area contributed by atoms with E-state index in [2.05, 4.69) is 0 Å². The lowest BCUT2D eigenvalue weighted by atomic mass is 9.84. The van der Waals surface area contributed by atoms with Crippen molar-refractivity contribution in [2.45, 2.75) is 18.2 Å². The number of primary amides is 1. The molecule has 6 heteroatoms. The molecule has 92 valence electrons. The Kier molecular flexibility index (Phi) is 2.43. The van der Waals surface area contributed by atoms with Crippen molar-refractivity contribution in [1.82, 2.24) is 0 Å². The molecule has 1 aliphatic heterocycles. The standard InChI is InChI=1S/C11H10F3NO2/c1-10(14,9(15)16)11(5-17-11)7-3-2-6(12)4-8(7)13/h2-4H,5H2,1H3,(H2,15,16). The minimum absolute atomic E-state index is 0.175. The van der Waals surface area contributed by atoms with Gasteiger partial charge in [-0.05, 0) is 13.0 Å². The number of rotatable bonds is 3. The fraction of sp³-hybridized carbons (Fsp3) is 0.364. The number of alkyl halides is 1. The largest absolute Gasteiger partial charge is 0.367 e. The van der Waals surface area contributed by atoms with Gasteiger partial charge in [-0.25, -0.2) is 13.2 Å². The first-order valence-electron chi connectivity index (χ1n) is 4.89. The summed E-state index contributed by atoms with van der Waals surface area (Å²) >= 11 is 0. The summed E-state index contributed by atoms with van der Waals surface area (Å²) in [6.45, 7) is 0.747. The van der Waals surface area contributed by atoms with E-state index in [1.165, 1.54) is 0 Å². The monoisotopic (exact) mass is 245 g/mol. The average Bonchev–Trinajstić information content (AvgIpc) is 2.98. The second-order valence-electron chi connectivity index (χ2n) is 4.11. The fourth-order valence-corrected chi connectivity index (χ4v) is 1.77. The van der Waals surface area contributed by atoms with E-state index in [4.69, 9.17) is 10.5 Å². The van der Waals surface area contributed by atoms with E-state index in [1.54, 1.807) is 0 Å². The summed E-state index contributed by atoms with van der Waals surface area (Å²) in [7, 11) is 0. The number of amides is 1. The predicted molar refractivity (Wildman–Crippen MR) is 52.7 cm³/mol. The molecule has 1 aromatic rings. The van der Waals surface area contributed by atoms with Gasteiger partial charge in [0.15, 0.2) is 5.60 Å². The second-order valence-corrected chi connectivity index (χ2v) is 4.11. The Balaban J connectivity index is 2.50. The molecule has 0 radical (unpaired) electrons. The van der Waals surface area contributed by atoms with Crippen LogP contribution in [-0.2, 0) is 15.1 Å². The van der Waals surface area contributed by atoms with Gasteiger partial charge in [-0.15, -0.1) is 0 Å². The molecule has 1 amide bonds. The predicted octanol–water partition coefficient (Wildman–Crippen LogP) is 1.40. The molecule has 1 fully saturated rings. The van der Waals surface area contributed by atoms with E-state index >= 15 is 0 Å². The van der Waals surface area contributed by atoms with Crippen LogP contribution in [0.5, 0.6) is 0 Å². The third-order valence-corrected chi connectivity index (χ3v) is 3.02. The average molecular weight is 245 g/mol. The highest BCUT2D eigenvalue weighted by molar-refractivity contribution is 5.85. The van der Waals surface area contributed by atoms with Crippen LogP contribution in [-0.4, -0.2) is 18.2 Å². The summed E-state index contributed by atoms with van der Waals surface area (Å²) in [5, 5.41) is 0. The zero-order valence-corrected chi connectivity index (χ0v) is 8.97. The van der Waals surface area contributed by atoms with E-state index in [0.717, 1.165) is 19.1 Å². The number of ether oxygens (including phenoxy) is 1. The molecular formula is C11H10F3NO2. The third kappa shape index (κ3) is 1.59. The molecule has 1 saturated heterocycles. The van der Waals surface area contributed by atoms with Crippen molar-refractivity contribution in [2.75, 3.05) is 6.61 Å². The van der Waals surface area contributed by atoms with E-state index in [1.807, 2.05) is 0 Å². The summed E-state index contributed by atoms with van der Waals surface area (Å²) < 4.78 is 45.3.